The largest absolute Gasteiger partial charge is 0.495 e. The fourth-order valence-corrected chi connectivity index (χ4v) is 6.83. The van der Waals surface area contributed by atoms with E-state index in [1.54, 1.807) is 55.0 Å². The molecule has 0 atom stereocenters. The minimum absolute atomic E-state index is 0.000558. The van der Waals surface area contributed by atoms with Gasteiger partial charge in [0.1, 0.15) is 36.1 Å². The molecule has 0 unspecified atom stereocenters. The number of benzene rings is 1. The summed E-state index contributed by atoms with van der Waals surface area (Å²) in [6, 6.07) is 14.2. The Hall–Kier alpha value is -4.64. The van der Waals surface area contributed by atoms with Gasteiger partial charge in [-0.15, -0.1) is 22.7 Å². The van der Waals surface area contributed by atoms with E-state index in [4.69, 9.17) is 27.9 Å². The number of nitrogens with one attached hydrogen (secondary N) is 1. The van der Waals surface area contributed by atoms with E-state index in [1.165, 1.54) is 13.3 Å². The SMILES string of the molecule is COc1ccc(CNc2nc(-c3cccnc3)nc3sc(C(F)(F)F)cc23)cc1Cl.FC(F)(F)c1cc2c(Cl)nc(-c3cccnc3)nc2s1. The molecule has 8 nitrogen and oxygen atoms in total. The van der Waals surface area contributed by atoms with Crippen molar-refractivity contribution in [2.24, 2.45) is 0 Å². The summed E-state index contributed by atoms with van der Waals surface area (Å²) in [6.07, 6.45) is -2.61. The molecule has 256 valence electrons. The van der Waals surface area contributed by atoms with Gasteiger partial charge < -0.3 is 10.1 Å². The van der Waals surface area contributed by atoms with Crippen molar-refractivity contribution in [1.29, 1.82) is 0 Å². The molecular weight excluding hydrogens is 747 g/mol. The first-order valence-corrected chi connectivity index (χ1v) is 16.5. The molecule has 0 aliphatic heterocycles. The van der Waals surface area contributed by atoms with Crippen LogP contribution in [0.3, 0.4) is 0 Å². The number of anilines is 1. The molecule has 6 aromatic heterocycles. The zero-order valence-electron chi connectivity index (χ0n) is 25.1. The van der Waals surface area contributed by atoms with Crippen LogP contribution >= 0.6 is 45.9 Å². The van der Waals surface area contributed by atoms with E-state index in [1.807, 2.05) is 6.07 Å². The van der Waals surface area contributed by atoms with E-state index in [9.17, 15) is 26.3 Å². The highest BCUT2D eigenvalue weighted by Crippen LogP contribution is 2.41. The number of hydrogen-bond donors (Lipinski definition) is 1. The van der Waals surface area contributed by atoms with E-state index in [-0.39, 0.29) is 26.0 Å². The van der Waals surface area contributed by atoms with E-state index in [0.717, 1.165) is 17.7 Å². The Labute approximate surface area is 296 Å². The van der Waals surface area contributed by atoms with Gasteiger partial charge in [0.25, 0.3) is 0 Å². The van der Waals surface area contributed by atoms with Gasteiger partial charge in [-0.3, -0.25) is 9.97 Å². The summed E-state index contributed by atoms with van der Waals surface area (Å²) < 4.78 is 83.0. The quantitative estimate of drug-likeness (QED) is 0.132. The van der Waals surface area contributed by atoms with Gasteiger partial charge in [-0.1, -0.05) is 29.3 Å². The maximum absolute atomic E-state index is 13.3. The maximum Gasteiger partial charge on any atom is 0.425 e. The average Bonchev–Trinajstić information content (AvgIpc) is 3.74. The van der Waals surface area contributed by atoms with Gasteiger partial charge in [-0.25, -0.2) is 19.9 Å². The lowest BCUT2D eigenvalue weighted by Gasteiger charge is -2.10. The van der Waals surface area contributed by atoms with Crippen LogP contribution in [0, 0.1) is 0 Å². The molecule has 0 bridgehead atoms. The molecule has 7 aromatic rings. The molecule has 1 N–H and O–H groups in total. The third-order valence-corrected chi connectivity index (χ3v) is 9.54. The smallest absolute Gasteiger partial charge is 0.425 e. The van der Waals surface area contributed by atoms with Gasteiger partial charge in [-0.05, 0) is 54.1 Å². The number of pyridine rings is 2. The minimum Gasteiger partial charge on any atom is -0.495 e. The summed E-state index contributed by atoms with van der Waals surface area (Å²) in [6.45, 7) is 0.305. The number of nitrogens with zero attached hydrogens (tertiary/aromatic N) is 6. The van der Waals surface area contributed by atoms with E-state index < -0.39 is 22.1 Å². The second-order valence-corrected chi connectivity index (χ2v) is 13.0. The van der Waals surface area contributed by atoms with Crippen LogP contribution in [0.25, 0.3) is 43.2 Å². The lowest BCUT2D eigenvalue weighted by atomic mass is 10.2. The van der Waals surface area contributed by atoms with E-state index >= 15 is 0 Å². The normalized spacial score (nSPS) is 11.8. The Balaban J connectivity index is 0.000000187. The van der Waals surface area contributed by atoms with Crippen LogP contribution in [0.2, 0.25) is 10.2 Å². The molecule has 18 heteroatoms. The van der Waals surface area contributed by atoms with Gasteiger partial charge in [0.2, 0.25) is 0 Å². The second-order valence-electron chi connectivity index (χ2n) is 10.2. The average molecular weight is 767 g/mol. The molecule has 0 fully saturated rings. The zero-order chi connectivity index (χ0) is 35.6. The summed E-state index contributed by atoms with van der Waals surface area (Å²) >= 11 is 13.2. The van der Waals surface area contributed by atoms with Gasteiger partial charge in [0.05, 0.1) is 17.5 Å². The number of ether oxygens (including phenoxy) is 1. The fourth-order valence-electron chi connectivity index (χ4n) is 4.48. The molecule has 0 saturated carbocycles. The van der Waals surface area contributed by atoms with Crippen LogP contribution in [-0.4, -0.2) is 37.0 Å². The van der Waals surface area contributed by atoms with Gasteiger partial charge in [-0.2, -0.15) is 26.3 Å². The van der Waals surface area contributed by atoms with Crippen LogP contribution in [0.1, 0.15) is 15.3 Å². The summed E-state index contributed by atoms with van der Waals surface area (Å²) in [5.41, 5.74) is 2.02. The highest BCUT2D eigenvalue weighted by atomic mass is 35.5. The predicted molar refractivity (Wildman–Crippen MR) is 182 cm³/mol. The third kappa shape index (κ3) is 7.88. The second kappa shape index (κ2) is 14.3. The standard InChI is InChI=1S/C20H14ClF3N4OS.C12H5ClF3N3S/c1-29-15-5-4-11(7-14(15)21)9-26-18-13-8-16(20(22,23)24)30-19(13)28-17(27-18)12-3-2-6-25-10-12;13-9-7-4-8(12(14,15)16)20-11(7)19-10(18-9)6-2-1-3-17-5-6/h2-8,10H,9H2,1H3,(H,26,27,28);1-5H. The number of fused-ring (bicyclic) bond motifs is 2. The first-order chi connectivity index (χ1) is 23.8. The van der Waals surface area contributed by atoms with Crippen molar-refractivity contribution >= 4 is 72.1 Å². The molecule has 0 aliphatic carbocycles. The van der Waals surface area contributed by atoms with Crippen molar-refractivity contribution in [1.82, 2.24) is 29.9 Å². The first kappa shape index (κ1) is 35.2. The zero-order valence-corrected chi connectivity index (χ0v) is 28.3. The Kier molecular flexibility index (Phi) is 10.1. The Morgan fingerprint density at radius 1 is 0.720 bits per heavy atom. The molecule has 0 spiro atoms. The molecule has 1 aromatic carbocycles. The first-order valence-electron chi connectivity index (χ1n) is 14.1. The van der Waals surface area contributed by atoms with Crippen molar-refractivity contribution < 1.29 is 31.1 Å². The Morgan fingerprint density at radius 2 is 1.28 bits per heavy atom. The van der Waals surface area contributed by atoms with E-state index in [2.05, 4.69) is 35.2 Å². The number of hydrogen-bond acceptors (Lipinski definition) is 10. The Bertz CT molecular complexity index is 2290. The third-order valence-electron chi connectivity index (χ3n) is 6.81. The summed E-state index contributed by atoms with van der Waals surface area (Å²) in [5.74, 6) is 1.39. The van der Waals surface area contributed by atoms with Gasteiger partial charge in [0.15, 0.2) is 11.6 Å². The van der Waals surface area contributed by atoms with E-state index in [0.29, 0.717) is 68.1 Å². The van der Waals surface area contributed by atoms with Crippen LogP contribution in [-0.2, 0) is 18.9 Å². The van der Waals surface area contributed by atoms with Crippen LogP contribution in [0.15, 0.2) is 79.4 Å². The number of aromatic nitrogens is 6. The molecule has 0 aliphatic rings. The number of alkyl halides is 6. The fraction of sp³-hybridized carbons (Fsp3) is 0.125. The van der Waals surface area contributed by atoms with Crippen LogP contribution in [0.5, 0.6) is 5.75 Å². The molecule has 0 amide bonds. The lowest BCUT2D eigenvalue weighted by molar-refractivity contribution is -0.135. The monoisotopic (exact) mass is 765 g/mol. The molecule has 6 heterocycles. The van der Waals surface area contributed by atoms with Crippen molar-refractivity contribution in [3.63, 3.8) is 0 Å². The molecule has 50 heavy (non-hydrogen) atoms. The summed E-state index contributed by atoms with van der Waals surface area (Å²) in [4.78, 5) is 23.8. The highest BCUT2D eigenvalue weighted by Gasteiger charge is 2.34. The highest BCUT2D eigenvalue weighted by molar-refractivity contribution is 7.19. The molecule has 0 saturated heterocycles. The van der Waals surface area contributed by atoms with Crippen molar-refractivity contribution in [2.75, 3.05) is 12.4 Å². The van der Waals surface area contributed by atoms with Crippen LogP contribution in [0.4, 0.5) is 32.2 Å². The van der Waals surface area contributed by atoms with Crippen molar-refractivity contribution in [3.05, 3.63) is 105 Å². The number of thiophene rings is 2. The number of halogens is 8. The molecular formula is C32H19Cl2F6N7OS2. The van der Waals surface area contributed by atoms with Crippen LogP contribution < -0.4 is 10.1 Å². The summed E-state index contributed by atoms with van der Waals surface area (Å²) in [7, 11) is 1.52. The minimum atomic E-state index is -4.46. The van der Waals surface area contributed by atoms with Gasteiger partial charge >= 0.3 is 12.4 Å². The lowest BCUT2D eigenvalue weighted by Crippen LogP contribution is -2.04. The number of rotatable bonds is 6. The Morgan fingerprint density at radius 3 is 1.80 bits per heavy atom. The molecule has 7 rings (SSSR count). The number of methoxy groups -OCH3 is 1. The maximum atomic E-state index is 13.3. The summed E-state index contributed by atoms with van der Waals surface area (Å²) in [5, 5.41) is 4.06. The van der Waals surface area contributed by atoms with Crippen molar-refractivity contribution in [2.45, 2.75) is 18.9 Å². The van der Waals surface area contributed by atoms with Gasteiger partial charge in [0, 0.05) is 47.8 Å². The topological polar surface area (TPSA) is 98.6 Å². The molecule has 0 radical (unpaired) electrons. The predicted octanol–water partition coefficient (Wildman–Crippen LogP) is 10.5. The van der Waals surface area contributed by atoms with Crippen molar-refractivity contribution in [3.8, 4) is 28.5 Å².